The molecule has 1 N–H and O–H groups in total. The molecule has 0 aromatic carbocycles. The van der Waals surface area contributed by atoms with Gasteiger partial charge in [0.15, 0.2) is 0 Å². The van der Waals surface area contributed by atoms with E-state index in [1.165, 1.54) is 4.68 Å². The maximum atomic E-state index is 12.7. The summed E-state index contributed by atoms with van der Waals surface area (Å²) in [4.78, 5) is 31.7. The van der Waals surface area contributed by atoms with Gasteiger partial charge in [-0.15, -0.1) is 16.9 Å². The highest BCUT2D eigenvalue weighted by Gasteiger charge is 2.37. The number of rotatable bonds is 6. The van der Waals surface area contributed by atoms with E-state index in [-0.39, 0.29) is 23.6 Å². The first-order valence-electron chi connectivity index (χ1n) is 11.9. The van der Waals surface area contributed by atoms with Gasteiger partial charge in [-0.05, 0) is 32.4 Å². The molecule has 0 saturated carbocycles. The highest BCUT2D eigenvalue weighted by atomic mass is 32.2. The largest absolute Gasteiger partial charge is 0.437 e. The topological polar surface area (TPSA) is 96.1 Å². The molecule has 4 aliphatic heterocycles. The summed E-state index contributed by atoms with van der Waals surface area (Å²) in [6.07, 6.45) is 2.75. The van der Waals surface area contributed by atoms with Crippen LogP contribution in [-0.2, 0) is 16.1 Å². The number of thioether (sulfide) groups is 1. The smallest absolute Gasteiger partial charge is 0.392 e. The summed E-state index contributed by atoms with van der Waals surface area (Å²) >= 11 is 1.83. The highest BCUT2D eigenvalue weighted by molar-refractivity contribution is 7.99. The molecule has 4 fully saturated rings. The maximum Gasteiger partial charge on any atom is 0.437 e. The van der Waals surface area contributed by atoms with Crippen LogP contribution in [0.4, 0.5) is 0 Å². The first-order chi connectivity index (χ1) is 15.7. The molecule has 4 saturated heterocycles. The zero-order valence-electron chi connectivity index (χ0n) is 18.6. The number of piperidine rings is 1. The SMILES string of the molecule is O=C([C@@H]1C[C@H](N2CCC(c3nn(CCN4CCOCC4)c(=O)o3)CC2)CN1)N1CCSC1. The minimum absolute atomic E-state index is 0.0448. The van der Waals surface area contributed by atoms with Crippen LogP contribution in [0.3, 0.4) is 0 Å². The molecule has 4 aliphatic rings. The van der Waals surface area contributed by atoms with Gasteiger partial charge in [0.05, 0.1) is 31.7 Å². The van der Waals surface area contributed by atoms with Crippen LogP contribution in [0.15, 0.2) is 9.21 Å². The molecule has 11 heteroatoms. The summed E-state index contributed by atoms with van der Waals surface area (Å²) < 4.78 is 12.4. The second kappa shape index (κ2) is 10.3. The van der Waals surface area contributed by atoms with Crippen molar-refractivity contribution in [2.45, 2.75) is 43.8 Å². The molecule has 0 unspecified atom stereocenters. The Morgan fingerprint density at radius 1 is 1.12 bits per heavy atom. The van der Waals surface area contributed by atoms with Gasteiger partial charge >= 0.3 is 5.76 Å². The van der Waals surface area contributed by atoms with Gasteiger partial charge in [0.2, 0.25) is 11.8 Å². The van der Waals surface area contributed by atoms with E-state index < -0.39 is 0 Å². The fourth-order valence-electron chi connectivity index (χ4n) is 5.19. The second-order valence-corrected chi connectivity index (χ2v) is 10.3. The van der Waals surface area contributed by atoms with Gasteiger partial charge in [-0.25, -0.2) is 4.79 Å². The van der Waals surface area contributed by atoms with Crippen LogP contribution < -0.4 is 11.1 Å². The van der Waals surface area contributed by atoms with Crippen LogP contribution in [-0.4, -0.2) is 113 Å². The van der Waals surface area contributed by atoms with Crippen molar-refractivity contribution in [2.75, 3.05) is 70.7 Å². The number of hydrogen-bond donors (Lipinski definition) is 1. The first-order valence-corrected chi connectivity index (χ1v) is 13.0. The number of aromatic nitrogens is 2. The fraction of sp³-hybridized carbons (Fsp3) is 0.857. The van der Waals surface area contributed by atoms with E-state index in [2.05, 4.69) is 20.2 Å². The molecule has 5 heterocycles. The lowest BCUT2D eigenvalue weighted by molar-refractivity contribution is -0.131. The van der Waals surface area contributed by atoms with Crippen LogP contribution in [0.1, 0.15) is 31.1 Å². The summed E-state index contributed by atoms with van der Waals surface area (Å²) in [5, 5.41) is 7.96. The van der Waals surface area contributed by atoms with E-state index in [1.807, 2.05) is 16.7 Å². The minimum atomic E-state index is -0.350. The Bertz CT molecular complexity index is 827. The molecule has 10 nitrogen and oxygen atoms in total. The van der Waals surface area contributed by atoms with E-state index in [0.29, 0.717) is 18.5 Å². The van der Waals surface area contributed by atoms with Crippen LogP contribution in [0, 0.1) is 0 Å². The van der Waals surface area contributed by atoms with Crippen LogP contribution in [0.2, 0.25) is 0 Å². The third-order valence-corrected chi connectivity index (χ3v) is 8.18. The maximum absolute atomic E-state index is 12.7. The third kappa shape index (κ3) is 5.06. The van der Waals surface area contributed by atoms with Gasteiger partial charge < -0.3 is 19.4 Å². The van der Waals surface area contributed by atoms with Gasteiger partial charge in [0, 0.05) is 50.4 Å². The number of hydrogen-bond acceptors (Lipinski definition) is 9. The molecule has 32 heavy (non-hydrogen) atoms. The molecule has 1 amide bonds. The Balaban J connectivity index is 1.09. The van der Waals surface area contributed by atoms with Crippen LogP contribution >= 0.6 is 11.8 Å². The standard InChI is InChI=1S/C21H34N6O4S/c28-20(26-9-12-32-15-26)18-13-17(14-22-18)25-3-1-16(2-4-25)19-23-27(21(29)31-19)6-5-24-7-10-30-11-8-24/h16-18,22H,1-15H2/t17-,18-/m0/s1. The highest BCUT2D eigenvalue weighted by Crippen LogP contribution is 2.29. The van der Waals surface area contributed by atoms with Gasteiger partial charge in [0.25, 0.3) is 0 Å². The number of nitrogens with zero attached hydrogens (tertiary/aromatic N) is 5. The number of carbonyl (C=O) groups excluding carboxylic acids is 1. The Hall–Kier alpha value is -1.40. The molecular formula is C21H34N6O4S. The Kier molecular flexibility index (Phi) is 7.17. The number of nitrogens with one attached hydrogen (secondary N) is 1. The quantitative estimate of drug-likeness (QED) is 0.601. The number of amides is 1. The molecule has 0 bridgehead atoms. The van der Waals surface area contributed by atoms with Crippen LogP contribution in [0.5, 0.6) is 0 Å². The minimum Gasteiger partial charge on any atom is -0.392 e. The molecular weight excluding hydrogens is 432 g/mol. The summed E-state index contributed by atoms with van der Waals surface area (Å²) in [5.74, 6) is 2.57. The summed E-state index contributed by atoms with van der Waals surface area (Å²) in [7, 11) is 0. The molecule has 1 aromatic rings. The molecule has 0 spiro atoms. The first kappa shape index (κ1) is 22.4. The zero-order valence-corrected chi connectivity index (χ0v) is 19.4. The Morgan fingerprint density at radius 2 is 1.94 bits per heavy atom. The predicted molar refractivity (Wildman–Crippen MR) is 121 cm³/mol. The molecule has 5 rings (SSSR count). The van der Waals surface area contributed by atoms with Crippen molar-refractivity contribution >= 4 is 17.7 Å². The van der Waals surface area contributed by atoms with E-state index in [1.54, 1.807) is 0 Å². The summed E-state index contributed by atoms with van der Waals surface area (Å²) in [5.41, 5.74) is 0. The normalized spacial score (nSPS) is 28.6. The lowest BCUT2D eigenvalue weighted by Crippen LogP contribution is -2.42. The summed E-state index contributed by atoms with van der Waals surface area (Å²) in [6, 6.07) is 0.356. The van der Waals surface area contributed by atoms with Crippen LogP contribution in [0.25, 0.3) is 0 Å². The van der Waals surface area contributed by atoms with Crippen molar-refractivity contribution in [1.29, 1.82) is 0 Å². The molecule has 0 aliphatic carbocycles. The van der Waals surface area contributed by atoms with E-state index >= 15 is 0 Å². The van der Waals surface area contributed by atoms with E-state index in [0.717, 1.165) is 89.9 Å². The van der Waals surface area contributed by atoms with Gasteiger partial charge in [-0.3, -0.25) is 14.6 Å². The van der Waals surface area contributed by atoms with Crippen molar-refractivity contribution in [3.8, 4) is 0 Å². The van der Waals surface area contributed by atoms with Crippen molar-refractivity contribution < 1.29 is 13.9 Å². The summed E-state index contributed by atoms with van der Waals surface area (Å²) in [6.45, 7) is 8.28. The van der Waals surface area contributed by atoms with Gasteiger partial charge in [-0.1, -0.05) is 0 Å². The van der Waals surface area contributed by atoms with E-state index in [4.69, 9.17) is 9.15 Å². The van der Waals surface area contributed by atoms with Gasteiger partial charge in [-0.2, -0.15) is 4.68 Å². The second-order valence-electron chi connectivity index (χ2n) is 9.18. The van der Waals surface area contributed by atoms with Crippen molar-refractivity contribution in [1.82, 2.24) is 29.8 Å². The lowest BCUT2D eigenvalue weighted by atomic mass is 9.95. The third-order valence-electron chi connectivity index (χ3n) is 7.22. The van der Waals surface area contributed by atoms with Crippen molar-refractivity contribution in [2.24, 2.45) is 0 Å². The number of morpholine rings is 1. The molecule has 0 radical (unpaired) electrons. The average Bonchev–Trinajstić information content (AvgIpc) is 3.59. The number of carbonyl (C=O) groups is 1. The Labute approximate surface area is 192 Å². The molecule has 2 atom stereocenters. The Morgan fingerprint density at radius 3 is 2.69 bits per heavy atom. The van der Waals surface area contributed by atoms with E-state index in [9.17, 15) is 9.59 Å². The van der Waals surface area contributed by atoms with Crippen molar-refractivity contribution in [3.05, 3.63) is 16.4 Å². The molecule has 1 aromatic heterocycles. The van der Waals surface area contributed by atoms with Crippen molar-refractivity contribution in [3.63, 3.8) is 0 Å². The lowest BCUT2D eigenvalue weighted by Gasteiger charge is -2.34. The average molecular weight is 467 g/mol. The van der Waals surface area contributed by atoms with Gasteiger partial charge in [0.1, 0.15) is 0 Å². The fourth-order valence-corrected chi connectivity index (χ4v) is 6.15. The molecule has 178 valence electrons. The zero-order chi connectivity index (χ0) is 21.9. The predicted octanol–water partition coefficient (Wildman–Crippen LogP) is -0.389. The number of likely N-dealkylation sites (tertiary alicyclic amines) is 1. The number of ether oxygens (including phenoxy) is 1. The monoisotopic (exact) mass is 466 g/mol.